The van der Waals surface area contributed by atoms with Crippen LogP contribution in [0.2, 0.25) is 5.02 Å². The SMILES string of the molecule is O=C(Nc1c(Cl)cccc1C(F)(F)F)Nc1ncnc2c1ncn2[C@H]1CC[C@@H](CO)O1. The largest absolute Gasteiger partial charge is 0.418 e. The minimum Gasteiger partial charge on any atom is -0.394 e. The molecule has 9 nitrogen and oxygen atoms in total. The van der Waals surface area contributed by atoms with E-state index in [1.54, 1.807) is 4.57 Å². The second-order valence-corrected chi connectivity index (χ2v) is 7.17. The van der Waals surface area contributed by atoms with Crippen LogP contribution in [0.15, 0.2) is 30.9 Å². The van der Waals surface area contributed by atoms with E-state index >= 15 is 0 Å². The summed E-state index contributed by atoms with van der Waals surface area (Å²) in [7, 11) is 0. The third kappa shape index (κ3) is 4.27. The van der Waals surface area contributed by atoms with Crippen molar-refractivity contribution >= 4 is 40.3 Å². The molecule has 3 N–H and O–H groups in total. The van der Waals surface area contributed by atoms with Crippen molar-refractivity contribution in [1.82, 2.24) is 19.5 Å². The van der Waals surface area contributed by atoms with Crippen LogP contribution in [0.5, 0.6) is 0 Å². The number of aromatic nitrogens is 4. The summed E-state index contributed by atoms with van der Waals surface area (Å²) < 4.78 is 47.0. The number of carbonyl (C=O) groups is 1. The maximum absolute atomic E-state index is 13.2. The van der Waals surface area contributed by atoms with Gasteiger partial charge in [-0.3, -0.25) is 9.88 Å². The Morgan fingerprint density at radius 3 is 2.77 bits per heavy atom. The molecule has 0 radical (unpaired) electrons. The van der Waals surface area contributed by atoms with Crippen molar-refractivity contribution in [3.63, 3.8) is 0 Å². The van der Waals surface area contributed by atoms with Crippen LogP contribution in [-0.4, -0.2) is 43.4 Å². The highest BCUT2D eigenvalue weighted by Crippen LogP contribution is 2.38. The van der Waals surface area contributed by atoms with Gasteiger partial charge >= 0.3 is 12.2 Å². The number of nitrogens with one attached hydrogen (secondary N) is 2. The van der Waals surface area contributed by atoms with Crippen molar-refractivity contribution in [2.24, 2.45) is 0 Å². The summed E-state index contributed by atoms with van der Waals surface area (Å²) in [5.41, 5.74) is -1.06. The predicted molar refractivity (Wildman–Crippen MR) is 105 cm³/mol. The fourth-order valence-corrected chi connectivity index (χ4v) is 3.54. The number of alkyl halides is 3. The number of fused-ring (bicyclic) bond motifs is 1. The van der Waals surface area contributed by atoms with E-state index in [2.05, 4.69) is 25.6 Å². The number of rotatable bonds is 4. The number of nitrogens with zero attached hydrogens (tertiary/aromatic N) is 4. The fraction of sp³-hybridized carbons (Fsp3) is 0.333. The molecule has 164 valence electrons. The minimum atomic E-state index is -4.71. The van der Waals surface area contributed by atoms with Crippen LogP contribution in [0.25, 0.3) is 11.2 Å². The van der Waals surface area contributed by atoms with Gasteiger partial charge < -0.3 is 15.2 Å². The first-order valence-corrected chi connectivity index (χ1v) is 9.53. The summed E-state index contributed by atoms with van der Waals surface area (Å²) in [6, 6.07) is 2.21. The van der Waals surface area contributed by atoms with Crippen molar-refractivity contribution in [1.29, 1.82) is 0 Å². The monoisotopic (exact) mass is 456 g/mol. The lowest BCUT2D eigenvalue weighted by atomic mass is 10.1. The second-order valence-electron chi connectivity index (χ2n) is 6.76. The Hall–Kier alpha value is -2.96. The molecule has 1 aromatic carbocycles. The first kappa shape index (κ1) is 21.3. The van der Waals surface area contributed by atoms with Crippen LogP contribution in [-0.2, 0) is 10.9 Å². The number of urea groups is 1. The molecule has 13 heteroatoms. The third-order valence-corrected chi connectivity index (χ3v) is 5.06. The Balaban J connectivity index is 1.57. The van der Waals surface area contributed by atoms with Crippen LogP contribution in [0, 0.1) is 0 Å². The smallest absolute Gasteiger partial charge is 0.394 e. The molecule has 31 heavy (non-hydrogen) atoms. The topological polar surface area (TPSA) is 114 Å². The maximum atomic E-state index is 13.2. The fourth-order valence-electron chi connectivity index (χ4n) is 3.32. The summed E-state index contributed by atoms with van der Waals surface area (Å²) >= 11 is 5.86. The molecule has 2 atom stereocenters. The number of carbonyl (C=O) groups excluding carboxylic acids is 1. The second kappa shape index (κ2) is 8.29. The summed E-state index contributed by atoms with van der Waals surface area (Å²) in [5.74, 6) is -0.00133. The number of anilines is 2. The van der Waals surface area contributed by atoms with Crippen molar-refractivity contribution in [3.8, 4) is 0 Å². The van der Waals surface area contributed by atoms with E-state index in [9.17, 15) is 23.1 Å². The molecule has 0 unspecified atom stereocenters. The van der Waals surface area contributed by atoms with E-state index in [0.717, 1.165) is 12.1 Å². The standard InChI is InChI=1S/C18H16ClF3N6O3/c19-11-3-1-2-10(18(20,21)22)13(11)26-17(30)27-15-14-16(24-7-23-15)28(8-25-14)12-5-4-9(6-29)31-12/h1-3,7-9,12,29H,4-6H2,(H2,23,24,26,27,30)/t9-,12+/m0/s1. The lowest BCUT2D eigenvalue weighted by Crippen LogP contribution is -2.23. The molecular formula is C18H16ClF3N6O3. The molecule has 0 saturated carbocycles. The number of hydrogen-bond acceptors (Lipinski definition) is 6. The lowest BCUT2D eigenvalue weighted by Gasteiger charge is -2.15. The van der Waals surface area contributed by atoms with Gasteiger partial charge in [-0.05, 0) is 25.0 Å². The first-order chi connectivity index (χ1) is 14.8. The molecule has 1 fully saturated rings. The molecule has 1 aliphatic rings. The van der Waals surface area contributed by atoms with Crippen molar-refractivity contribution in [2.75, 3.05) is 17.2 Å². The van der Waals surface area contributed by atoms with Gasteiger partial charge in [0.2, 0.25) is 0 Å². The average molecular weight is 457 g/mol. The molecule has 2 amide bonds. The van der Waals surface area contributed by atoms with Gasteiger partial charge in [0.25, 0.3) is 0 Å². The Bertz CT molecular complexity index is 1120. The predicted octanol–water partition coefficient (Wildman–Crippen LogP) is 3.81. The van der Waals surface area contributed by atoms with Crippen molar-refractivity contribution in [2.45, 2.75) is 31.3 Å². The van der Waals surface area contributed by atoms with Gasteiger partial charge in [-0.1, -0.05) is 17.7 Å². The Morgan fingerprint density at radius 1 is 1.26 bits per heavy atom. The van der Waals surface area contributed by atoms with Crippen LogP contribution < -0.4 is 10.6 Å². The zero-order valence-corrected chi connectivity index (χ0v) is 16.5. The molecule has 0 spiro atoms. The normalized spacial score (nSPS) is 19.0. The average Bonchev–Trinajstić information content (AvgIpc) is 3.35. The minimum absolute atomic E-state index is 0.00133. The van der Waals surface area contributed by atoms with Gasteiger partial charge in [-0.2, -0.15) is 13.2 Å². The van der Waals surface area contributed by atoms with Gasteiger partial charge in [0, 0.05) is 0 Å². The van der Waals surface area contributed by atoms with Gasteiger partial charge in [-0.25, -0.2) is 19.7 Å². The van der Waals surface area contributed by atoms with E-state index in [0.29, 0.717) is 18.5 Å². The quantitative estimate of drug-likeness (QED) is 0.550. The molecule has 3 aromatic rings. The third-order valence-electron chi connectivity index (χ3n) is 4.75. The van der Waals surface area contributed by atoms with E-state index < -0.39 is 29.7 Å². The van der Waals surface area contributed by atoms with E-state index in [1.807, 2.05) is 0 Å². The van der Waals surface area contributed by atoms with E-state index in [-0.39, 0.29) is 29.1 Å². The van der Waals surface area contributed by atoms with Crippen molar-refractivity contribution in [3.05, 3.63) is 41.4 Å². The summed E-state index contributed by atoms with van der Waals surface area (Å²) in [5, 5.41) is 13.5. The number of aliphatic hydroxyl groups excluding tert-OH is 1. The molecule has 0 bridgehead atoms. The maximum Gasteiger partial charge on any atom is 0.418 e. The van der Waals surface area contributed by atoms with E-state index in [1.165, 1.54) is 18.7 Å². The number of para-hydroxylation sites is 1. The number of imidazole rings is 1. The highest BCUT2D eigenvalue weighted by Gasteiger charge is 2.35. The molecule has 3 heterocycles. The van der Waals surface area contributed by atoms with E-state index in [4.69, 9.17) is 16.3 Å². The number of ether oxygens (including phenoxy) is 1. The first-order valence-electron chi connectivity index (χ1n) is 9.15. The molecular weight excluding hydrogens is 441 g/mol. The van der Waals surface area contributed by atoms with Gasteiger partial charge in [0.1, 0.15) is 12.6 Å². The van der Waals surface area contributed by atoms with Crippen LogP contribution in [0.3, 0.4) is 0 Å². The zero-order chi connectivity index (χ0) is 22.2. The molecule has 1 aliphatic heterocycles. The van der Waals surface area contributed by atoms with Gasteiger partial charge in [-0.15, -0.1) is 0 Å². The summed E-state index contributed by atoms with van der Waals surface area (Å²) in [6.07, 6.45) is -1.44. The lowest BCUT2D eigenvalue weighted by molar-refractivity contribution is -0.136. The number of benzene rings is 1. The highest BCUT2D eigenvalue weighted by atomic mass is 35.5. The Kier molecular flexibility index (Phi) is 5.69. The number of hydrogen-bond donors (Lipinski definition) is 3. The Labute approximate surface area is 178 Å². The summed E-state index contributed by atoms with van der Waals surface area (Å²) in [4.78, 5) is 24.7. The summed E-state index contributed by atoms with van der Waals surface area (Å²) in [6.45, 7) is -0.104. The number of halogens is 4. The van der Waals surface area contributed by atoms with Crippen molar-refractivity contribution < 1.29 is 27.8 Å². The highest BCUT2D eigenvalue weighted by molar-refractivity contribution is 6.34. The van der Waals surface area contributed by atoms with Gasteiger partial charge in [0.05, 0.1) is 35.3 Å². The Morgan fingerprint density at radius 2 is 2.06 bits per heavy atom. The molecule has 0 aliphatic carbocycles. The number of amides is 2. The molecule has 2 aromatic heterocycles. The molecule has 1 saturated heterocycles. The van der Waals surface area contributed by atoms with Crippen LogP contribution in [0.4, 0.5) is 29.5 Å². The number of aliphatic hydroxyl groups is 1. The van der Waals surface area contributed by atoms with Gasteiger partial charge in [0.15, 0.2) is 17.0 Å². The molecule has 4 rings (SSSR count). The zero-order valence-electron chi connectivity index (χ0n) is 15.7. The van der Waals surface area contributed by atoms with Crippen LogP contribution in [0.1, 0.15) is 24.6 Å². The van der Waals surface area contributed by atoms with Crippen LogP contribution >= 0.6 is 11.6 Å².